The zero-order valence-corrected chi connectivity index (χ0v) is 16.7. The van der Waals surface area contributed by atoms with E-state index in [1.807, 2.05) is 25.1 Å². The molecule has 0 saturated carbocycles. The molecule has 1 fully saturated rings. The first-order chi connectivity index (χ1) is 14.0. The van der Waals surface area contributed by atoms with Crippen LogP contribution in [0.2, 0.25) is 0 Å². The number of aromatic nitrogens is 1. The molecule has 0 atom stereocenters. The SMILES string of the molecule is CCOc1ccc2nc(NC(=O)c3cc([N+](=O)[O-])ccc3N3CCCC3)sc2c1. The number of carbonyl (C=O) groups is 1. The summed E-state index contributed by atoms with van der Waals surface area (Å²) >= 11 is 1.34. The van der Waals surface area contributed by atoms with E-state index in [9.17, 15) is 14.9 Å². The van der Waals surface area contributed by atoms with E-state index in [0.29, 0.717) is 17.4 Å². The van der Waals surface area contributed by atoms with Gasteiger partial charge in [0.25, 0.3) is 11.6 Å². The first-order valence-electron chi connectivity index (χ1n) is 9.43. The Bertz CT molecular complexity index is 1080. The van der Waals surface area contributed by atoms with Crippen LogP contribution in [0.25, 0.3) is 10.2 Å². The molecule has 3 aromatic rings. The van der Waals surface area contributed by atoms with Crippen molar-refractivity contribution in [2.24, 2.45) is 0 Å². The maximum absolute atomic E-state index is 13.0. The molecule has 8 nitrogen and oxygen atoms in total. The smallest absolute Gasteiger partial charge is 0.270 e. The lowest BCUT2D eigenvalue weighted by Gasteiger charge is -2.20. The predicted octanol–water partition coefficient (Wildman–Crippen LogP) is 4.46. The van der Waals surface area contributed by atoms with Gasteiger partial charge in [-0.2, -0.15) is 0 Å². The van der Waals surface area contributed by atoms with Gasteiger partial charge in [0.1, 0.15) is 5.75 Å². The number of non-ortho nitro benzene ring substituents is 1. The van der Waals surface area contributed by atoms with E-state index in [-0.39, 0.29) is 11.3 Å². The van der Waals surface area contributed by atoms with Crippen LogP contribution in [0.1, 0.15) is 30.1 Å². The number of nitrogens with one attached hydrogen (secondary N) is 1. The molecule has 1 aliphatic rings. The second kappa shape index (κ2) is 8.04. The second-order valence-corrected chi connectivity index (χ2v) is 7.72. The maximum Gasteiger partial charge on any atom is 0.270 e. The molecule has 1 amide bonds. The topological polar surface area (TPSA) is 97.6 Å². The number of rotatable bonds is 6. The van der Waals surface area contributed by atoms with Gasteiger partial charge in [0, 0.05) is 25.2 Å². The Balaban J connectivity index is 1.64. The molecule has 0 aliphatic carbocycles. The van der Waals surface area contributed by atoms with E-state index in [4.69, 9.17) is 4.74 Å². The van der Waals surface area contributed by atoms with E-state index >= 15 is 0 Å². The Kier molecular flexibility index (Phi) is 5.30. The number of anilines is 2. The third-order valence-corrected chi connectivity index (χ3v) is 5.71. The number of carbonyl (C=O) groups excluding carboxylic acids is 1. The lowest BCUT2D eigenvalue weighted by molar-refractivity contribution is -0.384. The number of nitro groups is 1. The molecule has 2 aromatic carbocycles. The third-order valence-electron chi connectivity index (χ3n) is 4.77. The lowest BCUT2D eigenvalue weighted by Crippen LogP contribution is -2.23. The largest absolute Gasteiger partial charge is 0.494 e. The van der Waals surface area contributed by atoms with Crippen molar-refractivity contribution < 1.29 is 14.5 Å². The van der Waals surface area contributed by atoms with E-state index in [2.05, 4.69) is 15.2 Å². The fraction of sp³-hybridized carbons (Fsp3) is 0.300. The summed E-state index contributed by atoms with van der Waals surface area (Å²) in [5.41, 5.74) is 1.65. The average Bonchev–Trinajstić information content (AvgIpc) is 3.37. The molecule has 1 aromatic heterocycles. The summed E-state index contributed by atoms with van der Waals surface area (Å²) in [7, 11) is 0. The minimum Gasteiger partial charge on any atom is -0.494 e. The highest BCUT2D eigenvalue weighted by Gasteiger charge is 2.23. The normalized spacial score (nSPS) is 13.6. The summed E-state index contributed by atoms with van der Waals surface area (Å²) in [5, 5.41) is 14.5. The van der Waals surface area contributed by atoms with Crippen molar-refractivity contribution in [2.75, 3.05) is 29.9 Å². The van der Waals surface area contributed by atoms with Crippen LogP contribution in [-0.4, -0.2) is 35.5 Å². The van der Waals surface area contributed by atoms with Crippen molar-refractivity contribution in [1.29, 1.82) is 0 Å². The molecular weight excluding hydrogens is 392 g/mol. The lowest BCUT2D eigenvalue weighted by atomic mass is 10.1. The standard InChI is InChI=1S/C20H20N4O4S/c1-2-28-14-6-7-16-18(12-14)29-20(21-16)22-19(25)15-11-13(24(26)27)5-8-17(15)23-9-3-4-10-23/h5-8,11-12H,2-4,9-10H2,1H3,(H,21,22,25). The highest BCUT2D eigenvalue weighted by molar-refractivity contribution is 7.22. The number of hydrogen-bond acceptors (Lipinski definition) is 7. The van der Waals surface area contributed by atoms with Gasteiger partial charge in [-0.25, -0.2) is 4.98 Å². The van der Waals surface area contributed by atoms with Gasteiger partial charge in [0.2, 0.25) is 0 Å². The molecule has 4 rings (SSSR count). The van der Waals surface area contributed by atoms with Crippen LogP contribution in [0.3, 0.4) is 0 Å². The molecule has 0 spiro atoms. The zero-order chi connectivity index (χ0) is 20.4. The zero-order valence-electron chi connectivity index (χ0n) is 15.9. The van der Waals surface area contributed by atoms with Crippen molar-refractivity contribution in [2.45, 2.75) is 19.8 Å². The van der Waals surface area contributed by atoms with Gasteiger partial charge in [-0.15, -0.1) is 0 Å². The van der Waals surface area contributed by atoms with Crippen LogP contribution >= 0.6 is 11.3 Å². The van der Waals surface area contributed by atoms with Crippen LogP contribution in [0.15, 0.2) is 36.4 Å². The van der Waals surface area contributed by atoms with E-state index < -0.39 is 10.8 Å². The van der Waals surface area contributed by atoms with E-state index in [0.717, 1.165) is 41.9 Å². The van der Waals surface area contributed by atoms with Gasteiger partial charge in [-0.05, 0) is 44.0 Å². The van der Waals surface area contributed by atoms with E-state index in [1.165, 1.54) is 23.5 Å². The summed E-state index contributed by atoms with van der Waals surface area (Å²) < 4.78 is 6.40. The molecule has 1 aliphatic heterocycles. The third kappa shape index (κ3) is 4.00. The summed E-state index contributed by atoms with van der Waals surface area (Å²) in [6.07, 6.45) is 2.08. The van der Waals surface area contributed by atoms with Crippen molar-refractivity contribution in [3.63, 3.8) is 0 Å². The van der Waals surface area contributed by atoms with E-state index in [1.54, 1.807) is 6.07 Å². The number of hydrogen-bond donors (Lipinski definition) is 1. The Morgan fingerprint density at radius 2 is 2.07 bits per heavy atom. The minimum atomic E-state index is -0.489. The van der Waals surface area contributed by atoms with Crippen LogP contribution in [0.4, 0.5) is 16.5 Å². The predicted molar refractivity (Wildman–Crippen MR) is 113 cm³/mol. The summed E-state index contributed by atoms with van der Waals surface area (Å²) in [4.78, 5) is 30.2. The molecule has 1 N–H and O–H groups in total. The number of nitro benzene ring substituents is 1. The first-order valence-corrected chi connectivity index (χ1v) is 10.2. The molecule has 0 bridgehead atoms. The van der Waals surface area contributed by atoms with Crippen molar-refractivity contribution in [1.82, 2.24) is 4.98 Å². The fourth-order valence-electron chi connectivity index (χ4n) is 3.43. The highest BCUT2D eigenvalue weighted by Crippen LogP contribution is 2.32. The quantitative estimate of drug-likeness (QED) is 0.474. The summed E-state index contributed by atoms with van der Waals surface area (Å²) in [5.74, 6) is 0.344. The number of benzene rings is 2. The van der Waals surface area contributed by atoms with Gasteiger partial charge in [-0.1, -0.05) is 11.3 Å². The Hall–Kier alpha value is -3.20. The second-order valence-electron chi connectivity index (χ2n) is 6.69. The summed E-state index contributed by atoms with van der Waals surface area (Å²) in [6.45, 7) is 4.15. The number of thiazole rings is 1. The number of ether oxygens (including phenoxy) is 1. The molecular formula is C20H20N4O4S. The molecule has 1 saturated heterocycles. The Morgan fingerprint density at radius 1 is 1.28 bits per heavy atom. The molecule has 9 heteroatoms. The fourth-order valence-corrected chi connectivity index (χ4v) is 4.32. The highest BCUT2D eigenvalue weighted by atomic mass is 32.1. The van der Waals surface area contributed by atoms with Crippen LogP contribution in [0, 0.1) is 10.1 Å². The first kappa shape index (κ1) is 19.1. The van der Waals surface area contributed by atoms with Crippen molar-refractivity contribution in [3.8, 4) is 5.75 Å². The average molecular weight is 412 g/mol. The Labute approximate surface area is 171 Å². The molecule has 150 valence electrons. The van der Waals surface area contributed by atoms with Crippen LogP contribution < -0.4 is 15.0 Å². The Morgan fingerprint density at radius 3 is 2.79 bits per heavy atom. The molecule has 0 unspecified atom stereocenters. The van der Waals surface area contributed by atoms with Crippen LogP contribution in [0.5, 0.6) is 5.75 Å². The number of fused-ring (bicyclic) bond motifs is 1. The van der Waals surface area contributed by atoms with Gasteiger partial charge < -0.3 is 9.64 Å². The summed E-state index contributed by atoms with van der Waals surface area (Å²) in [6, 6.07) is 10.00. The minimum absolute atomic E-state index is 0.108. The van der Waals surface area contributed by atoms with Gasteiger partial charge >= 0.3 is 0 Å². The number of amides is 1. The maximum atomic E-state index is 13.0. The molecule has 2 heterocycles. The number of nitrogens with zero attached hydrogens (tertiary/aromatic N) is 3. The monoisotopic (exact) mass is 412 g/mol. The van der Waals surface area contributed by atoms with Crippen LogP contribution in [-0.2, 0) is 0 Å². The van der Waals surface area contributed by atoms with Gasteiger partial charge in [0.15, 0.2) is 5.13 Å². The van der Waals surface area contributed by atoms with Crippen molar-refractivity contribution in [3.05, 3.63) is 52.1 Å². The van der Waals surface area contributed by atoms with Crippen molar-refractivity contribution >= 4 is 44.0 Å². The molecule has 0 radical (unpaired) electrons. The molecule has 29 heavy (non-hydrogen) atoms. The van der Waals surface area contributed by atoms with Gasteiger partial charge in [0.05, 0.1) is 33.0 Å². The van der Waals surface area contributed by atoms with Gasteiger partial charge in [-0.3, -0.25) is 20.2 Å².